The van der Waals surface area contributed by atoms with Crippen LogP contribution >= 0.6 is 15.9 Å². The molecule has 0 fully saturated rings. The van der Waals surface area contributed by atoms with Gasteiger partial charge in [0.15, 0.2) is 5.65 Å². The fourth-order valence-electron chi connectivity index (χ4n) is 1.68. The number of benzene rings is 1. The Morgan fingerprint density at radius 2 is 1.72 bits per heavy atom. The average molecular weight is 307 g/mol. The molecule has 0 saturated carbocycles. The molecule has 0 bridgehead atoms. The van der Waals surface area contributed by atoms with Gasteiger partial charge in [-0.05, 0) is 12.1 Å². The molecule has 0 radical (unpaired) electrons. The molecule has 3 rings (SSSR count). The molecule has 3 N–H and O–H groups in total. The van der Waals surface area contributed by atoms with Gasteiger partial charge in [0.2, 0.25) is 0 Å². The van der Waals surface area contributed by atoms with Crippen molar-refractivity contribution in [2.24, 2.45) is 0 Å². The number of hydrogen-bond acceptors (Lipinski definition) is 3. The lowest BCUT2D eigenvalue weighted by atomic mass is 10.2. The third-order valence-electron chi connectivity index (χ3n) is 2.51. The standard InChI is InChI=1S/C11H7BrN4O2/c12-6-3-1-5(2-4-6)8-13-7-9(14-8)15-11(18)16-10(7)17/h1-4H,(H3,13,14,15,16,17,18). The van der Waals surface area contributed by atoms with Crippen LogP contribution in [-0.2, 0) is 0 Å². The van der Waals surface area contributed by atoms with Crippen LogP contribution in [0, 0.1) is 0 Å². The minimum absolute atomic E-state index is 0.252. The van der Waals surface area contributed by atoms with E-state index in [1.165, 1.54) is 0 Å². The highest BCUT2D eigenvalue weighted by molar-refractivity contribution is 9.10. The van der Waals surface area contributed by atoms with Gasteiger partial charge < -0.3 is 4.98 Å². The maximum atomic E-state index is 11.5. The summed E-state index contributed by atoms with van der Waals surface area (Å²) in [5, 5.41) is 0. The highest BCUT2D eigenvalue weighted by atomic mass is 79.9. The first-order valence-electron chi connectivity index (χ1n) is 5.12. The Labute approximate surface area is 108 Å². The van der Waals surface area contributed by atoms with Crippen molar-refractivity contribution < 1.29 is 0 Å². The molecule has 0 unspecified atom stereocenters. The molecule has 1 aromatic carbocycles. The third-order valence-corrected chi connectivity index (χ3v) is 3.04. The van der Waals surface area contributed by atoms with Gasteiger partial charge in [0.05, 0.1) is 0 Å². The van der Waals surface area contributed by atoms with Crippen molar-refractivity contribution >= 4 is 27.1 Å². The number of hydrogen-bond donors (Lipinski definition) is 3. The smallest absolute Gasteiger partial charge is 0.327 e. The first kappa shape index (κ1) is 11.0. The molecule has 0 aliphatic carbocycles. The number of rotatable bonds is 1. The van der Waals surface area contributed by atoms with E-state index in [1.54, 1.807) is 0 Å². The summed E-state index contributed by atoms with van der Waals surface area (Å²) < 4.78 is 0.952. The van der Waals surface area contributed by atoms with Crippen molar-refractivity contribution in [3.05, 3.63) is 49.6 Å². The maximum absolute atomic E-state index is 11.5. The zero-order valence-corrected chi connectivity index (χ0v) is 10.5. The molecule has 0 atom stereocenters. The van der Waals surface area contributed by atoms with Crippen molar-refractivity contribution in [1.82, 2.24) is 19.9 Å². The molecule has 3 aromatic rings. The summed E-state index contributed by atoms with van der Waals surface area (Å²) in [6.07, 6.45) is 0. The van der Waals surface area contributed by atoms with Gasteiger partial charge in [0.1, 0.15) is 11.3 Å². The molecule has 0 amide bonds. The van der Waals surface area contributed by atoms with Gasteiger partial charge in [-0.3, -0.25) is 14.8 Å². The van der Waals surface area contributed by atoms with Gasteiger partial charge in [0, 0.05) is 10.0 Å². The second kappa shape index (κ2) is 3.95. The van der Waals surface area contributed by atoms with Crippen LogP contribution < -0.4 is 11.2 Å². The highest BCUT2D eigenvalue weighted by Crippen LogP contribution is 2.19. The second-order valence-electron chi connectivity index (χ2n) is 3.72. The van der Waals surface area contributed by atoms with E-state index in [9.17, 15) is 9.59 Å². The van der Waals surface area contributed by atoms with Crippen molar-refractivity contribution in [1.29, 1.82) is 0 Å². The number of halogens is 1. The van der Waals surface area contributed by atoms with Crippen LogP contribution in [0.4, 0.5) is 0 Å². The lowest BCUT2D eigenvalue weighted by molar-refractivity contribution is 1.07. The molecule has 0 aliphatic heterocycles. The van der Waals surface area contributed by atoms with E-state index in [0.717, 1.165) is 10.0 Å². The summed E-state index contributed by atoms with van der Waals surface area (Å²) in [5.41, 5.74) is 0.287. The predicted octanol–water partition coefficient (Wildman–Crippen LogP) is 1.37. The molecule has 2 aromatic heterocycles. The van der Waals surface area contributed by atoms with Gasteiger partial charge >= 0.3 is 5.69 Å². The topological polar surface area (TPSA) is 94.4 Å². The Kier molecular flexibility index (Phi) is 2.41. The van der Waals surface area contributed by atoms with Crippen LogP contribution in [0.1, 0.15) is 0 Å². The molecule has 18 heavy (non-hydrogen) atoms. The van der Waals surface area contributed by atoms with Gasteiger partial charge in [-0.1, -0.05) is 28.1 Å². The van der Waals surface area contributed by atoms with Gasteiger partial charge in [0.25, 0.3) is 5.56 Å². The molecule has 0 aliphatic rings. The fraction of sp³-hybridized carbons (Fsp3) is 0. The Hall–Kier alpha value is -2.15. The van der Waals surface area contributed by atoms with E-state index < -0.39 is 11.2 Å². The van der Waals surface area contributed by atoms with Crippen molar-refractivity contribution in [3.8, 4) is 11.4 Å². The van der Waals surface area contributed by atoms with E-state index in [0.29, 0.717) is 5.82 Å². The molecule has 90 valence electrons. The number of fused-ring (bicyclic) bond motifs is 1. The molecule has 2 heterocycles. The Morgan fingerprint density at radius 1 is 1.00 bits per heavy atom. The van der Waals surface area contributed by atoms with E-state index >= 15 is 0 Å². The first-order valence-corrected chi connectivity index (χ1v) is 5.91. The van der Waals surface area contributed by atoms with E-state index in [1.807, 2.05) is 24.3 Å². The first-order chi connectivity index (χ1) is 8.63. The Balaban J connectivity index is 2.25. The van der Waals surface area contributed by atoms with Crippen LogP contribution in [0.5, 0.6) is 0 Å². The minimum atomic E-state index is -0.568. The largest absolute Gasteiger partial charge is 0.332 e. The van der Waals surface area contributed by atoms with E-state index in [-0.39, 0.29) is 11.2 Å². The average Bonchev–Trinajstić information content (AvgIpc) is 2.74. The van der Waals surface area contributed by atoms with Gasteiger partial charge in [-0.15, -0.1) is 0 Å². The van der Waals surface area contributed by atoms with Crippen molar-refractivity contribution in [2.45, 2.75) is 0 Å². The SMILES string of the molecule is O=c1[nH]c(=O)c2[nH]c(-c3ccc(Br)cc3)nc2[nH]1. The zero-order chi connectivity index (χ0) is 12.7. The maximum Gasteiger partial charge on any atom is 0.327 e. The monoisotopic (exact) mass is 306 g/mol. The second-order valence-corrected chi connectivity index (χ2v) is 4.64. The summed E-state index contributed by atoms with van der Waals surface area (Å²) in [5.74, 6) is 0.532. The molecule has 0 spiro atoms. The molecular weight excluding hydrogens is 300 g/mol. The fourth-order valence-corrected chi connectivity index (χ4v) is 1.94. The number of aromatic amines is 3. The third kappa shape index (κ3) is 1.78. The lowest BCUT2D eigenvalue weighted by Gasteiger charge is -1.95. The van der Waals surface area contributed by atoms with Crippen LogP contribution in [0.2, 0.25) is 0 Å². The van der Waals surface area contributed by atoms with E-state index in [4.69, 9.17) is 0 Å². The van der Waals surface area contributed by atoms with Crippen LogP contribution in [-0.4, -0.2) is 19.9 Å². The molecule has 6 nitrogen and oxygen atoms in total. The Bertz CT molecular complexity index is 829. The molecular formula is C11H7BrN4O2. The van der Waals surface area contributed by atoms with Crippen molar-refractivity contribution in [2.75, 3.05) is 0 Å². The number of aromatic nitrogens is 4. The summed E-state index contributed by atoms with van der Waals surface area (Å²) in [6, 6.07) is 7.45. The van der Waals surface area contributed by atoms with Crippen LogP contribution in [0.15, 0.2) is 38.3 Å². The normalized spacial score (nSPS) is 10.9. The summed E-state index contributed by atoms with van der Waals surface area (Å²) in [6.45, 7) is 0. The number of H-pyrrole nitrogens is 3. The zero-order valence-electron chi connectivity index (χ0n) is 8.95. The predicted molar refractivity (Wildman–Crippen MR) is 70.5 cm³/mol. The lowest BCUT2D eigenvalue weighted by Crippen LogP contribution is -2.21. The molecule has 0 saturated heterocycles. The van der Waals surface area contributed by atoms with Crippen molar-refractivity contribution in [3.63, 3.8) is 0 Å². The van der Waals surface area contributed by atoms with Crippen LogP contribution in [0.3, 0.4) is 0 Å². The Morgan fingerprint density at radius 3 is 2.44 bits per heavy atom. The van der Waals surface area contributed by atoms with Gasteiger partial charge in [-0.25, -0.2) is 9.78 Å². The summed E-state index contributed by atoms with van der Waals surface area (Å²) in [4.78, 5) is 34.4. The minimum Gasteiger partial charge on any atom is -0.332 e. The summed E-state index contributed by atoms with van der Waals surface area (Å²) >= 11 is 3.34. The highest BCUT2D eigenvalue weighted by Gasteiger charge is 2.08. The summed E-state index contributed by atoms with van der Waals surface area (Å²) in [7, 11) is 0. The van der Waals surface area contributed by atoms with Crippen LogP contribution in [0.25, 0.3) is 22.6 Å². The van der Waals surface area contributed by atoms with Gasteiger partial charge in [-0.2, -0.15) is 0 Å². The number of imidazole rings is 1. The van der Waals surface area contributed by atoms with E-state index in [2.05, 4.69) is 35.9 Å². The molecule has 7 heteroatoms. The number of nitrogens with one attached hydrogen (secondary N) is 3. The quantitative estimate of drug-likeness (QED) is 0.633. The number of nitrogens with zero attached hydrogens (tertiary/aromatic N) is 1.